The van der Waals surface area contributed by atoms with E-state index in [0.717, 1.165) is 6.07 Å². The highest BCUT2D eigenvalue weighted by Gasteiger charge is 2.25. The molecule has 36 heavy (non-hydrogen) atoms. The average molecular weight is 540 g/mol. The number of imide groups is 1. The molecule has 2 aromatic carbocycles. The quantitative estimate of drug-likeness (QED) is 0.128. The zero-order chi connectivity index (χ0) is 26.9. The normalized spacial score (nSPS) is 11.8. The molecule has 0 saturated heterocycles. The van der Waals surface area contributed by atoms with Gasteiger partial charge in [0.15, 0.2) is 5.96 Å². The van der Waals surface area contributed by atoms with Crippen LogP contribution in [0.4, 0.5) is 0 Å². The molecule has 0 heterocycles. The summed E-state index contributed by atoms with van der Waals surface area (Å²) in [6.45, 7) is -0.396. The van der Waals surface area contributed by atoms with Gasteiger partial charge in [0, 0.05) is 10.6 Å². The van der Waals surface area contributed by atoms with Gasteiger partial charge in [-0.15, -0.1) is 0 Å². The van der Waals surface area contributed by atoms with Gasteiger partial charge >= 0.3 is 0 Å². The third-order valence-electron chi connectivity index (χ3n) is 4.43. The van der Waals surface area contributed by atoms with Crippen LogP contribution >= 0.6 is 11.6 Å². The van der Waals surface area contributed by atoms with Crippen LogP contribution < -0.4 is 26.4 Å². The third kappa shape index (κ3) is 9.14. The van der Waals surface area contributed by atoms with Crippen LogP contribution in [0.2, 0.25) is 5.02 Å². The molecule has 0 aliphatic heterocycles. The fourth-order valence-corrected chi connectivity index (χ4v) is 4.24. The highest BCUT2D eigenvalue weighted by molar-refractivity contribution is 7.88. The number of aliphatic hydroxyl groups is 1. The summed E-state index contributed by atoms with van der Waals surface area (Å²) in [5.74, 6) is -4.04. The molecular weight excluding hydrogens is 516 g/mol. The van der Waals surface area contributed by atoms with Gasteiger partial charge < -0.3 is 26.6 Å². The molecule has 13 nitrogen and oxygen atoms in total. The second kappa shape index (κ2) is 12.8. The van der Waals surface area contributed by atoms with Crippen LogP contribution in [-0.2, 0) is 25.4 Å². The van der Waals surface area contributed by atoms with Gasteiger partial charge in [0.25, 0.3) is 5.91 Å². The number of aliphatic hydroxyl groups excluding tert-OH is 1. The van der Waals surface area contributed by atoms with E-state index in [-0.39, 0.29) is 16.9 Å². The second-order valence-electron chi connectivity index (χ2n) is 7.31. The van der Waals surface area contributed by atoms with Crippen molar-refractivity contribution in [2.24, 2.45) is 5.73 Å². The van der Waals surface area contributed by atoms with E-state index in [1.165, 1.54) is 42.9 Å². The van der Waals surface area contributed by atoms with Gasteiger partial charge in [0.05, 0.1) is 25.4 Å². The van der Waals surface area contributed by atoms with Crippen LogP contribution in [0.25, 0.3) is 0 Å². The first-order valence-electron chi connectivity index (χ1n) is 10.1. The molecule has 3 amide bonds. The number of phenols is 1. The molecule has 2 aromatic rings. The Bertz CT molecular complexity index is 1240. The number of hydrogen-bond acceptors (Lipinski definition) is 8. The Labute approximate surface area is 211 Å². The van der Waals surface area contributed by atoms with Crippen molar-refractivity contribution < 1.29 is 33.0 Å². The molecule has 15 heteroatoms. The summed E-state index contributed by atoms with van der Waals surface area (Å²) < 4.78 is 26.7. The summed E-state index contributed by atoms with van der Waals surface area (Å²) >= 11 is 5.77. The fourth-order valence-electron chi connectivity index (χ4n) is 2.78. The topological polar surface area (TPSA) is 224 Å². The number of aromatic hydroxyl groups is 1. The van der Waals surface area contributed by atoms with E-state index in [1.807, 2.05) is 10.0 Å². The smallest absolute Gasteiger partial charge is 0.258 e. The lowest BCUT2D eigenvalue weighted by atomic mass is 10.1. The number of carbonyl (C=O) groups is 3. The molecule has 193 valence electrons. The maximum Gasteiger partial charge on any atom is 0.258 e. The fraction of sp³-hybridized carbons (Fsp3) is 0.190. The molecule has 0 aromatic heterocycles. The number of carbonyl (C=O) groups excluding carboxylic acids is 3. The Kier molecular flexibility index (Phi) is 10.2. The highest BCUT2D eigenvalue weighted by Crippen LogP contribution is 2.17. The van der Waals surface area contributed by atoms with Crippen LogP contribution in [0.5, 0.6) is 5.75 Å². The minimum Gasteiger partial charge on any atom is -0.508 e. The van der Waals surface area contributed by atoms with Crippen molar-refractivity contribution in [3.05, 3.63) is 70.7 Å². The molecule has 0 bridgehead atoms. The lowest BCUT2D eigenvalue weighted by Gasteiger charge is -2.16. The van der Waals surface area contributed by atoms with E-state index in [1.54, 1.807) is 0 Å². The molecule has 0 spiro atoms. The first-order chi connectivity index (χ1) is 16.9. The van der Waals surface area contributed by atoms with Crippen molar-refractivity contribution in [1.82, 2.24) is 20.7 Å². The summed E-state index contributed by atoms with van der Waals surface area (Å²) in [6.07, 6.45) is 0. The van der Waals surface area contributed by atoms with Crippen molar-refractivity contribution >= 4 is 45.3 Å². The van der Waals surface area contributed by atoms with Crippen LogP contribution in [0.15, 0.2) is 42.5 Å². The molecule has 0 aliphatic carbocycles. The van der Waals surface area contributed by atoms with Crippen LogP contribution in [0, 0.1) is 12.0 Å². The lowest BCUT2D eigenvalue weighted by Crippen LogP contribution is -2.51. The number of hydrogen-bond donors (Lipinski definition) is 8. The molecule has 0 unspecified atom stereocenters. The van der Waals surface area contributed by atoms with Crippen molar-refractivity contribution in [3.63, 3.8) is 0 Å². The molecule has 2 rings (SSSR count). The molecule has 0 aliphatic rings. The van der Waals surface area contributed by atoms with Gasteiger partial charge in [-0.1, -0.05) is 29.8 Å². The van der Waals surface area contributed by atoms with Crippen LogP contribution in [-0.4, -0.2) is 61.5 Å². The Balaban J connectivity index is 1.94. The number of nitrogens with one attached hydrogen (secondary N) is 5. The first kappa shape index (κ1) is 28.5. The largest absolute Gasteiger partial charge is 0.508 e. The number of guanidine groups is 1. The SMILES string of the molecule is N=C(N)N[CH]c1ccc(O)cc1C(=O)NC(=O)CNC(=O)[C@H](CO)NS(=O)(=O)Cc1ccc(Cl)cc1. The number of halogens is 1. The molecule has 0 saturated carbocycles. The van der Waals surface area contributed by atoms with Gasteiger partial charge in [-0.3, -0.25) is 25.1 Å². The summed E-state index contributed by atoms with van der Waals surface area (Å²) in [4.78, 5) is 36.9. The summed E-state index contributed by atoms with van der Waals surface area (Å²) in [7, 11) is -4.04. The van der Waals surface area contributed by atoms with Gasteiger partial charge in [-0.05, 0) is 35.4 Å². The van der Waals surface area contributed by atoms with Crippen LogP contribution in [0.3, 0.4) is 0 Å². The second-order valence-corrected chi connectivity index (χ2v) is 9.50. The van der Waals surface area contributed by atoms with E-state index >= 15 is 0 Å². The van der Waals surface area contributed by atoms with Gasteiger partial charge in [-0.2, -0.15) is 0 Å². The van der Waals surface area contributed by atoms with Gasteiger partial charge in [0.1, 0.15) is 11.8 Å². The van der Waals surface area contributed by atoms with E-state index < -0.39 is 58.7 Å². The summed E-state index contributed by atoms with van der Waals surface area (Å²) in [6, 6.07) is 8.08. The number of rotatable bonds is 11. The maximum absolute atomic E-state index is 12.5. The Morgan fingerprint density at radius 1 is 1.14 bits per heavy atom. The molecule has 1 atom stereocenters. The molecular formula is C21H24ClN6O7S. The molecule has 9 N–H and O–H groups in total. The van der Waals surface area contributed by atoms with Gasteiger partial charge in [-0.25, -0.2) is 13.1 Å². The van der Waals surface area contributed by atoms with Crippen molar-refractivity contribution in [3.8, 4) is 5.75 Å². The Morgan fingerprint density at radius 2 is 1.81 bits per heavy atom. The average Bonchev–Trinajstić information content (AvgIpc) is 2.81. The number of nitrogens with two attached hydrogens (primary N) is 1. The molecule has 1 radical (unpaired) electrons. The van der Waals surface area contributed by atoms with E-state index in [4.69, 9.17) is 22.7 Å². The van der Waals surface area contributed by atoms with Gasteiger partial charge in [0.2, 0.25) is 21.8 Å². The minimum atomic E-state index is -4.04. The zero-order valence-corrected chi connectivity index (χ0v) is 20.2. The lowest BCUT2D eigenvalue weighted by molar-refractivity contribution is -0.127. The maximum atomic E-state index is 12.5. The van der Waals surface area contributed by atoms with E-state index in [2.05, 4.69) is 10.6 Å². The monoisotopic (exact) mass is 539 g/mol. The predicted octanol–water partition coefficient (Wildman–Crippen LogP) is -1.11. The van der Waals surface area contributed by atoms with Crippen LogP contribution in [0.1, 0.15) is 21.5 Å². The number of phenolic OH excluding ortho intramolecular Hbond substituents is 1. The third-order valence-corrected chi connectivity index (χ3v) is 6.04. The number of benzene rings is 2. The Morgan fingerprint density at radius 3 is 2.42 bits per heavy atom. The van der Waals surface area contributed by atoms with Crippen molar-refractivity contribution in [1.29, 1.82) is 5.41 Å². The summed E-state index contributed by atoms with van der Waals surface area (Å²) in [5.41, 5.74) is 5.66. The van der Waals surface area contributed by atoms with Crippen molar-refractivity contribution in [2.45, 2.75) is 11.8 Å². The zero-order valence-electron chi connectivity index (χ0n) is 18.6. The minimum absolute atomic E-state index is 0.133. The number of amides is 3. The number of sulfonamides is 1. The van der Waals surface area contributed by atoms with E-state index in [0.29, 0.717) is 10.6 Å². The van der Waals surface area contributed by atoms with Crippen molar-refractivity contribution in [2.75, 3.05) is 13.2 Å². The van der Waals surface area contributed by atoms with E-state index in [9.17, 15) is 33.0 Å². The highest BCUT2D eigenvalue weighted by atomic mass is 35.5. The first-order valence-corrected chi connectivity index (χ1v) is 12.2. The predicted molar refractivity (Wildman–Crippen MR) is 130 cm³/mol. The summed E-state index contributed by atoms with van der Waals surface area (Å²) in [5, 5.41) is 33.2. The standard InChI is InChI=1S/C21H24ClN6O7S/c22-14-4-1-12(2-5-14)11-36(34,35)28-17(10-29)20(33)25-9-18(31)27-19(32)16-7-15(30)6-3-13(16)8-26-21(23)24/h1-8,17,28-30H,9-11H2,(H,25,33)(H4,23,24,26)(H,27,31,32)/t17-/m0/s1. The molecule has 0 fully saturated rings. The Hall–Kier alpha value is -3.72.